The summed E-state index contributed by atoms with van der Waals surface area (Å²) in [6.07, 6.45) is 27.1. The van der Waals surface area contributed by atoms with Gasteiger partial charge in [-0.3, -0.25) is 0 Å². The molecule has 1 atom stereocenters. The van der Waals surface area contributed by atoms with Crippen LogP contribution in [0.15, 0.2) is 180 Å². The van der Waals surface area contributed by atoms with Gasteiger partial charge < -0.3 is 19.7 Å². The van der Waals surface area contributed by atoms with Gasteiger partial charge in [-0.25, -0.2) is 0 Å². The Kier molecular flexibility index (Phi) is 9.48. The number of ether oxygens (including phenoxy) is 2. The summed E-state index contributed by atoms with van der Waals surface area (Å²) in [4.78, 5) is 0. The van der Waals surface area contributed by atoms with Crippen molar-refractivity contribution in [3.63, 3.8) is 0 Å². The van der Waals surface area contributed by atoms with Crippen molar-refractivity contribution in [2.45, 2.75) is 24.4 Å². The van der Waals surface area contributed by atoms with Crippen LogP contribution >= 0.6 is 0 Å². The lowest BCUT2D eigenvalue weighted by atomic mass is 9.65. The minimum Gasteiger partial charge on any atom is -0.491 e. The standard InChI is InChI=1S/C44H40O4/c45-26-28-47-37-23-20-36(30-34(31-37)32-12-6-3-7-13-32)44(41-18-10-8-16-39(41)40-17-9-11-19-42(40)44)35-21-24-38(33-14-4-1-2-5-15-33)43(25-22-35)48-29-27-46/h1-14,16-20,22-25,30-31,37,45-46H,15,21,26-29H2. The lowest BCUT2D eigenvalue weighted by Gasteiger charge is -2.36. The Labute approximate surface area is 283 Å². The molecule has 2 N–H and O–H groups in total. The van der Waals surface area contributed by atoms with Gasteiger partial charge in [0.05, 0.1) is 31.3 Å². The number of aliphatic hydroxyl groups is 2. The van der Waals surface area contributed by atoms with E-state index in [1.54, 1.807) is 0 Å². The van der Waals surface area contributed by atoms with E-state index in [2.05, 4.69) is 140 Å². The first-order chi connectivity index (χ1) is 23.7. The van der Waals surface area contributed by atoms with Gasteiger partial charge in [0.15, 0.2) is 0 Å². The third kappa shape index (κ3) is 5.95. The zero-order chi connectivity index (χ0) is 32.8. The topological polar surface area (TPSA) is 58.9 Å². The summed E-state index contributed by atoms with van der Waals surface area (Å²) >= 11 is 0. The van der Waals surface area contributed by atoms with Gasteiger partial charge in [0.1, 0.15) is 12.4 Å². The van der Waals surface area contributed by atoms with Crippen LogP contribution in [0.5, 0.6) is 0 Å². The molecule has 0 bridgehead atoms. The van der Waals surface area contributed by atoms with Crippen LogP contribution < -0.4 is 0 Å². The molecule has 0 spiro atoms. The van der Waals surface area contributed by atoms with E-state index >= 15 is 0 Å². The van der Waals surface area contributed by atoms with Gasteiger partial charge in [0, 0.05) is 5.57 Å². The van der Waals surface area contributed by atoms with E-state index in [-0.39, 0.29) is 32.5 Å². The highest BCUT2D eigenvalue weighted by atomic mass is 16.5. The van der Waals surface area contributed by atoms with Crippen molar-refractivity contribution in [1.82, 2.24) is 0 Å². The summed E-state index contributed by atoms with van der Waals surface area (Å²) < 4.78 is 12.3. The first kappa shape index (κ1) is 31.6. The monoisotopic (exact) mass is 632 g/mol. The molecule has 48 heavy (non-hydrogen) atoms. The number of aliphatic hydroxyl groups excluding tert-OH is 2. The molecule has 4 aliphatic carbocycles. The largest absolute Gasteiger partial charge is 0.491 e. The van der Waals surface area contributed by atoms with Crippen molar-refractivity contribution in [1.29, 1.82) is 0 Å². The predicted octanol–water partition coefficient (Wildman–Crippen LogP) is 8.50. The van der Waals surface area contributed by atoms with Crippen molar-refractivity contribution >= 4 is 5.57 Å². The van der Waals surface area contributed by atoms with Gasteiger partial charge in [0.25, 0.3) is 0 Å². The van der Waals surface area contributed by atoms with E-state index in [4.69, 9.17) is 9.47 Å². The molecule has 3 aromatic carbocycles. The van der Waals surface area contributed by atoms with Crippen LogP contribution in [-0.4, -0.2) is 42.7 Å². The normalized spacial score (nSPS) is 19.3. The molecule has 0 fully saturated rings. The molecule has 0 radical (unpaired) electrons. The highest BCUT2D eigenvalue weighted by Crippen LogP contribution is 2.58. The Morgan fingerprint density at radius 3 is 2.21 bits per heavy atom. The number of hydrogen-bond acceptors (Lipinski definition) is 4. The molecule has 4 aliphatic rings. The minimum absolute atomic E-state index is 0.0413. The molecule has 0 saturated carbocycles. The zero-order valence-corrected chi connectivity index (χ0v) is 27.0. The number of rotatable bonds is 10. The molecule has 0 saturated heterocycles. The van der Waals surface area contributed by atoms with E-state index in [1.165, 1.54) is 33.4 Å². The van der Waals surface area contributed by atoms with Crippen LogP contribution in [-0.2, 0) is 14.9 Å². The van der Waals surface area contributed by atoms with Gasteiger partial charge in [-0.2, -0.15) is 0 Å². The molecule has 0 heterocycles. The molecular formula is C44H40O4. The third-order valence-electron chi connectivity index (χ3n) is 9.41. The number of allylic oxidation sites excluding steroid dienone is 14. The van der Waals surface area contributed by atoms with Crippen molar-refractivity contribution in [2.24, 2.45) is 0 Å². The molecule has 4 nitrogen and oxygen atoms in total. The number of hydrogen-bond donors (Lipinski definition) is 2. The minimum atomic E-state index is -0.619. The van der Waals surface area contributed by atoms with Crippen LogP contribution in [0, 0.1) is 0 Å². The number of fused-ring (bicyclic) bond motifs is 3. The Balaban J connectivity index is 1.47. The smallest absolute Gasteiger partial charge is 0.126 e. The van der Waals surface area contributed by atoms with Crippen molar-refractivity contribution < 1.29 is 19.7 Å². The summed E-state index contributed by atoms with van der Waals surface area (Å²) in [7, 11) is 0. The Morgan fingerprint density at radius 2 is 1.46 bits per heavy atom. The SMILES string of the molecule is OCCOC1=CC=C(C2(C3=CC(c4ccccc4)=CC(OCCO)C=C3)c3ccccc3-c3ccccc32)CC=C1C1=CC=CC=CC1. The summed E-state index contributed by atoms with van der Waals surface area (Å²) in [5, 5.41) is 19.3. The summed E-state index contributed by atoms with van der Waals surface area (Å²) in [6.45, 7) is 0.369. The molecule has 0 aromatic heterocycles. The van der Waals surface area contributed by atoms with Gasteiger partial charge in [-0.15, -0.1) is 0 Å². The van der Waals surface area contributed by atoms with Gasteiger partial charge in [0.2, 0.25) is 0 Å². The molecule has 0 aliphatic heterocycles. The van der Waals surface area contributed by atoms with Crippen LogP contribution in [0.4, 0.5) is 0 Å². The molecule has 240 valence electrons. The van der Waals surface area contributed by atoms with E-state index in [9.17, 15) is 10.2 Å². The predicted molar refractivity (Wildman–Crippen MR) is 194 cm³/mol. The van der Waals surface area contributed by atoms with Crippen molar-refractivity contribution in [3.8, 4) is 11.1 Å². The second kappa shape index (κ2) is 14.4. The lowest BCUT2D eigenvalue weighted by molar-refractivity contribution is 0.0778. The maximum Gasteiger partial charge on any atom is 0.126 e. The fourth-order valence-electron chi connectivity index (χ4n) is 7.38. The maximum absolute atomic E-state index is 9.72. The Morgan fingerprint density at radius 1 is 0.729 bits per heavy atom. The van der Waals surface area contributed by atoms with Crippen LogP contribution in [0.25, 0.3) is 16.7 Å². The average molecular weight is 633 g/mol. The molecule has 3 aromatic rings. The van der Waals surface area contributed by atoms with Gasteiger partial charge in [-0.1, -0.05) is 134 Å². The first-order valence-electron chi connectivity index (χ1n) is 16.7. The average Bonchev–Trinajstić information content (AvgIpc) is 3.47. The highest BCUT2D eigenvalue weighted by Gasteiger charge is 2.48. The summed E-state index contributed by atoms with van der Waals surface area (Å²) in [5.41, 5.74) is 11.0. The molecule has 4 heteroatoms. The fraction of sp³-hybridized carbons (Fsp3) is 0.182. The molecular weight excluding hydrogens is 592 g/mol. The van der Waals surface area contributed by atoms with Crippen molar-refractivity contribution in [3.05, 3.63) is 197 Å². The fourth-order valence-corrected chi connectivity index (χ4v) is 7.38. The Hall–Kier alpha value is -5.00. The van der Waals surface area contributed by atoms with E-state index in [1.807, 2.05) is 12.1 Å². The van der Waals surface area contributed by atoms with E-state index in [0.717, 1.165) is 34.5 Å². The molecule has 0 amide bonds. The van der Waals surface area contributed by atoms with E-state index in [0.29, 0.717) is 6.42 Å². The second-order valence-electron chi connectivity index (χ2n) is 12.2. The maximum atomic E-state index is 9.72. The highest BCUT2D eigenvalue weighted by molar-refractivity contribution is 5.88. The van der Waals surface area contributed by atoms with Crippen LogP contribution in [0.2, 0.25) is 0 Å². The lowest BCUT2D eigenvalue weighted by Crippen LogP contribution is -2.30. The third-order valence-corrected chi connectivity index (χ3v) is 9.41. The number of benzene rings is 3. The first-order valence-corrected chi connectivity index (χ1v) is 16.7. The molecule has 1 unspecified atom stereocenters. The zero-order valence-electron chi connectivity index (χ0n) is 27.0. The van der Waals surface area contributed by atoms with Crippen LogP contribution in [0.3, 0.4) is 0 Å². The van der Waals surface area contributed by atoms with Crippen molar-refractivity contribution in [2.75, 3.05) is 26.4 Å². The Bertz CT molecular complexity index is 1900. The van der Waals surface area contributed by atoms with Gasteiger partial charge in [-0.05, 0) is 81.2 Å². The van der Waals surface area contributed by atoms with Crippen LogP contribution in [0.1, 0.15) is 29.5 Å². The summed E-state index contributed by atoms with van der Waals surface area (Å²) in [6, 6.07) is 28.0. The quantitative estimate of drug-likeness (QED) is 0.235. The van der Waals surface area contributed by atoms with E-state index < -0.39 is 5.41 Å². The molecule has 7 rings (SSSR count). The second-order valence-corrected chi connectivity index (χ2v) is 12.2. The van der Waals surface area contributed by atoms with Gasteiger partial charge >= 0.3 is 0 Å². The summed E-state index contributed by atoms with van der Waals surface area (Å²) in [5.74, 6) is 0.761.